The third kappa shape index (κ3) is 3.45. The van der Waals surface area contributed by atoms with Crippen molar-refractivity contribution >= 4 is 61.9 Å². The van der Waals surface area contributed by atoms with Crippen LogP contribution in [0.4, 0.5) is 11.4 Å². The van der Waals surface area contributed by atoms with Crippen molar-refractivity contribution in [2.75, 3.05) is 11.9 Å². The fourth-order valence-corrected chi connectivity index (χ4v) is 8.92. The van der Waals surface area contributed by atoms with E-state index in [1.165, 1.54) is 83.3 Å². The maximum absolute atomic E-state index is 5.37. The van der Waals surface area contributed by atoms with Crippen molar-refractivity contribution in [2.45, 2.75) is 38.3 Å². The highest BCUT2D eigenvalue weighted by atomic mass is 15.3. The van der Waals surface area contributed by atoms with Crippen LogP contribution in [-0.4, -0.2) is 21.9 Å². The smallest absolute Gasteiger partial charge is 0.150 e. The first kappa shape index (κ1) is 25.8. The molecule has 2 aromatic heterocycles. The van der Waals surface area contributed by atoms with Gasteiger partial charge in [-0.3, -0.25) is 0 Å². The summed E-state index contributed by atoms with van der Waals surface area (Å²) in [5.74, 6) is 1.45. The summed E-state index contributed by atoms with van der Waals surface area (Å²) in [6.45, 7) is 2.38. The van der Waals surface area contributed by atoms with Gasteiger partial charge in [0.1, 0.15) is 0 Å². The molecule has 5 aromatic carbocycles. The molecule has 7 aromatic rings. The maximum Gasteiger partial charge on any atom is 0.150 e. The van der Waals surface area contributed by atoms with E-state index >= 15 is 0 Å². The van der Waals surface area contributed by atoms with Gasteiger partial charge in [-0.05, 0) is 102 Å². The molecule has 226 valence electrons. The van der Waals surface area contributed by atoms with E-state index < -0.39 is 0 Å². The molecule has 0 saturated heterocycles. The minimum absolute atomic E-state index is 0.0245. The summed E-state index contributed by atoms with van der Waals surface area (Å²) < 4.78 is 5.02. The van der Waals surface area contributed by atoms with Gasteiger partial charge in [0.2, 0.25) is 0 Å². The summed E-state index contributed by atoms with van der Waals surface area (Å²) in [7, 11) is 2.23. The topological polar surface area (TPSA) is 25.5 Å². The van der Waals surface area contributed by atoms with Crippen molar-refractivity contribution in [1.82, 2.24) is 9.13 Å². The average Bonchev–Trinajstić information content (AvgIpc) is 3.48. The molecule has 0 spiro atoms. The summed E-state index contributed by atoms with van der Waals surface area (Å²) in [5, 5.41) is 6.69. The SMILES string of the molecule is CC1C[C@@H]1c1ccc2c(c1)c1cc(-c3ccc4c5c(n(-c6ccccc6)c4c3)=CCCC=5)cc3c1n2C1C3=Nc2ccccc2N1C. The van der Waals surface area contributed by atoms with Crippen LogP contribution in [0.15, 0.2) is 108 Å². The van der Waals surface area contributed by atoms with Gasteiger partial charge in [-0.25, -0.2) is 4.99 Å². The Morgan fingerprint density at radius 3 is 2.43 bits per heavy atom. The molecule has 0 N–H and O–H groups in total. The van der Waals surface area contributed by atoms with Crippen LogP contribution < -0.4 is 15.5 Å². The van der Waals surface area contributed by atoms with Crippen LogP contribution in [-0.2, 0) is 0 Å². The Morgan fingerprint density at radius 2 is 1.55 bits per heavy atom. The number of hydrogen-bond donors (Lipinski definition) is 0. The molecule has 0 radical (unpaired) electrons. The lowest BCUT2D eigenvalue weighted by Gasteiger charge is -2.33. The predicted molar refractivity (Wildman–Crippen MR) is 196 cm³/mol. The van der Waals surface area contributed by atoms with Gasteiger partial charge in [0.05, 0.1) is 33.6 Å². The van der Waals surface area contributed by atoms with Crippen molar-refractivity contribution in [1.29, 1.82) is 0 Å². The highest BCUT2D eigenvalue weighted by Crippen LogP contribution is 2.51. The van der Waals surface area contributed by atoms with Gasteiger partial charge in [-0.1, -0.05) is 67.6 Å². The number of hydrogen-bond acceptors (Lipinski definition) is 2. The van der Waals surface area contributed by atoms with Crippen LogP contribution in [0.25, 0.3) is 61.7 Å². The zero-order valence-corrected chi connectivity index (χ0v) is 26.6. The quantitative estimate of drug-likeness (QED) is 0.197. The van der Waals surface area contributed by atoms with Gasteiger partial charge in [-0.15, -0.1) is 0 Å². The van der Waals surface area contributed by atoms with Crippen LogP contribution in [0.2, 0.25) is 0 Å². The molecule has 4 nitrogen and oxygen atoms in total. The summed E-state index contributed by atoms with van der Waals surface area (Å²) in [5.41, 5.74) is 13.7. The van der Waals surface area contributed by atoms with Crippen molar-refractivity contribution in [3.8, 4) is 16.8 Å². The molecule has 1 saturated carbocycles. The largest absolute Gasteiger partial charge is 0.347 e. The fraction of sp³-hybridized carbons (Fsp3) is 0.186. The van der Waals surface area contributed by atoms with Gasteiger partial charge in [0.25, 0.3) is 0 Å². The Bertz CT molecular complexity index is 2650. The number of nitrogens with zero attached hydrogens (tertiary/aromatic N) is 4. The molecule has 4 heteroatoms. The molecule has 47 heavy (non-hydrogen) atoms. The lowest BCUT2D eigenvalue weighted by atomic mass is 9.95. The third-order valence-corrected chi connectivity index (χ3v) is 11.3. The van der Waals surface area contributed by atoms with Crippen molar-refractivity contribution in [3.05, 3.63) is 125 Å². The number of anilines is 1. The third-order valence-electron chi connectivity index (χ3n) is 11.3. The lowest BCUT2D eigenvalue weighted by Crippen LogP contribution is -2.34. The summed E-state index contributed by atoms with van der Waals surface area (Å²) in [6.07, 6.45) is 8.32. The second-order valence-electron chi connectivity index (χ2n) is 14.0. The highest BCUT2D eigenvalue weighted by Gasteiger charge is 2.40. The van der Waals surface area contributed by atoms with E-state index in [-0.39, 0.29) is 6.17 Å². The average molecular weight is 607 g/mol. The highest BCUT2D eigenvalue weighted by molar-refractivity contribution is 6.25. The zero-order valence-electron chi connectivity index (χ0n) is 26.6. The van der Waals surface area contributed by atoms with E-state index in [4.69, 9.17) is 4.99 Å². The predicted octanol–water partition coefficient (Wildman–Crippen LogP) is 8.97. The van der Waals surface area contributed by atoms with Crippen LogP contribution in [0, 0.1) is 5.92 Å². The Balaban J connectivity index is 1.20. The van der Waals surface area contributed by atoms with E-state index in [2.05, 4.69) is 143 Å². The lowest BCUT2D eigenvalue weighted by molar-refractivity contribution is 0.671. The maximum atomic E-state index is 5.37. The Hall–Kier alpha value is -5.35. The molecule has 2 aliphatic heterocycles. The Kier molecular flexibility index (Phi) is 5.01. The van der Waals surface area contributed by atoms with Gasteiger partial charge >= 0.3 is 0 Å². The molecule has 3 atom stereocenters. The van der Waals surface area contributed by atoms with Crippen molar-refractivity contribution in [2.24, 2.45) is 10.9 Å². The molecule has 2 unspecified atom stereocenters. The van der Waals surface area contributed by atoms with Crippen LogP contribution in [0.3, 0.4) is 0 Å². The second kappa shape index (κ2) is 9.13. The molecule has 0 amide bonds. The summed E-state index contributed by atoms with van der Waals surface area (Å²) >= 11 is 0. The Labute approximate surface area is 273 Å². The minimum atomic E-state index is 0.0245. The number of aliphatic imine (C=N–C) groups is 1. The van der Waals surface area contributed by atoms with E-state index in [0.29, 0.717) is 5.92 Å². The van der Waals surface area contributed by atoms with Crippen LogP contribution >= 0.6 is 0 Å². The normalized spacial score (nSPS) is 20.5. The van der Waals surface area contributed by atoms with Crippen molar-refractivity contribution in [3.63, 3.8) is 0 Å². The van der Waals surface area contributed by atoms with E-state index in [9.17, 15) is 0 Å². The summed E-state index contributed by atoms with van der Waals surface area (Å²) in [6, 6.07) is 38.6. The number of fused-ring (bicyclic) bond motifs is 10. The fourth-order valence-electron chi connectivity index (χ4n) is 8.92. The number of rotatable bonds is 3. The monoisotopic (exact) mass is 606 g/mol. The number of benzene rings is 5. The van der Waals surface area contributed by atoms with Gasteiger partial charge in [-0.2, -0.15) is 0 Å². The Morgan fingerprint density at radius 1 is 0.723 bits per heavy atom. The molecule has 4 aliphatic rings. The first-order valence-electron chi connectivity index (χ1n) is 17.1. The molecule has 4 heterocycles. The van der Waals surface area contributed by atoms with E-state index in [1.54, 1.807) is 0 Å². The second-order valence-corrected chi connectivity index (χ2v) is 14.0. The van der Waals surface area contributed by atoms with E-state index in [0.717, 1.165) is 30.2 Å². The zero-order chi connectivity index (χ0) is 31.0. The van der Waals surface area contributed by atoms with Gasteiger partial charge in [0, 0.05) is 45.0 Å². The number of aromatic nitrogens is 2. The first-order chi connectivity index (χ1) is 23.1. The minimum Gasteiger partial charge on any atom is -0.347 e. The first-order valence-corrected chi connectivity index (χ1v) is 17.1. The number of para-hydroxylation sites is 3. The molecule has 11 rings (SSSR count). The molecular weight excluding hydrogens is 573 g/mol. The molecule has 0 bridgehead atoms. The molecular formula is C43H34N4. The van der Waals surface area contributed by atoms with Gasteiger partial charge in [0.15, 0.2) is 6.17 Å². The molecule has 2 aliphatic carbocycles. The van der Waals surface area contributed by atoms with Crippen molar-refractivity contribution < 1.29 is 0 Å². The standard InChI is InChI=1S/C43H34N4/c1-25-20-32(25)27-17-19-38-33(21-27)34-22-28(23-35-41-43(47(38)42(34)35)45(2)39-15-9-7-13-36(39)44-41)26-16-18-31-30-12-6-8-14-37(30)46(40(31)24-26)29-10-4-3-5-11-29/h3-5,7,9-19,21-25,32,43H,6,8,20H2,1-2H3/t25?,32-,43?/m0/s1. The molecule has 1 fully saturated rings. The number of likely N-dealkylation sites (N-methyl/N-ethyl adjacent to an activating group) is 1. The van der Waals surface area contributed by atoms with E-state index in [1.807, 2.05) is 0 Å². The van der Waals surface area contributed by atoms with Gasteiger partial charge < -0.3 is 14.0 Å². The summed E-state index contributed by atoms with van der Waals surface area (Å²) in [4.78, 5) is 7.79. The van der Waals surface area contributed by atoms with Crippen LogP contribution in [0.1, 0.15) is 49.4 Å². The van der Waals surface area contributed by atoms with Crippen LogP contribution in [0.5, 0.6) is 0 Å².